The van der Waals surface area contributed by atoms with Gasteiger partial charge in [0, 0.05) is 51.4 Å². The van der Waals surface area contributed by atoms with Crippen LogP contribution >= 0.6 is 0 Å². The van der Waals surface area contributed by atoms with E-state index in [-0.39, 0.29) is 17.4 Å². The third-order valence-electron chi connectivity index (χ3n) is 6.66. The zero-order valence-electron chi connectivity index (χ0n) is 21.2. The fraction of sp³-hybridized carbons (Fsp3) is 0.464. The molecule has 5 rings (SSSR count). The van der Waals surface area contributed by atoms with Gasteiger partial charge in [-0.15, -0.1) is 0 Å². The van der Waals surface area contributed by atoms with Crippen LogP contribution in [0.15, 0.2) is 53.7 Å². The molecule has 36 heavy (non-hydrogen) atoms. The molecular formula is C28H34N2O6. The molecule has 192 valence electrons. The Balaban J connectivity index is 0.000000463. The maximum absolute atomic E-state index is 9.00. The lowest BCUT2D eigenvalue weighted by atomic mass is 9.85. The van der Waals surface area contributed by atoms with Crippen LogP contribution in [0.4, 0.5) is 0 Å². The molecule has 2 aromatic carbocycles. The topological polar surface area (TPSA) is 106 Å². The number of likely N-dealkylation sites (tertiary alicyclic amines) is 1. The second-order valence-corrected chi connectivity index (χ2v) is 10.0. The Morgan fingerprint density at radius 1 is 1.06 bits per heavy atom. The lowest BCUT2D eigenvalue weighted by Gasteiger charge is -2.38. The van der Waals surface area contributed by atoms with Gasteiger partial charge in [-0.1, -0.05) is 53.7 Å². The van der Waals surface area contributed by atoms with Crippen molar-refractivity contribution in [1.29, 1.82) is 0 Å². The van der Waals surface area contributed by atoms with Crippen LogP contribution in [0.1, 0.15) is 63.1 Å². The summed E-state index contributed by atoms with van der Waals surface area (Å²) in [6.45, 7) is 8.48. The van der Waals surface area contributed by atoms with Crippen molar-refractivity contribution in [1.82, 2.24) is 4.90 Å². The predicted octanol–water partition coefficient (Wildman–Crippen LogP) is 4.46. The van der Waals surface area contributed by atoms with Crippen molar-refractivity contribution in [2.45, 2.75) is 70.6 Å². The number of aliphatic carboxylic acids is 1. The molecule has 8 heteroatoms. The van der Waals surface area contributed by atoms with Crippen LogP contribution in [0.5, 0.6) is 5.75 Å². The van der Waals surface area contributed by atoms with Gasteiger partial charge in [0.25, 0.3) is 5.97 Å². The molecule has 3 aliphatic heterocycles. The zero-order valence-corrected chi connectivity index (χ0v) is 21.2. The first kappa shape index (κ1) is 27.1. The summed E-state index contributed by atoms with van der Waals surface area (Å²) in [6.07, 6.45) is 5.40. The summed E-state index contributed by atoms with van der Waals surface area (Å²) in [4.78, 5) is 33.8. The number of carboxylic acids is 1. The summed E-state index contributed by atoms with van der Waals surface area (Å²) in [5, 5.41) is 11.9. The molecule has 0 bridgehead atoms. The molecule has 0 aliphatic carbocycles. The van der Waals surface area contributed by atoms with E-state index in [1.54, 1.807) is 0 Å². The van der Waals surface area contributed by atoms with Gasteiger partial charge in [0.15, 0.2) is 0 Å². The van der Waals surface area contributed by atoms with Crippen molar-refractivity contribution in [2.24, 2.45) is 5.16 Å². The molecule has 1 fully saturated rings. The molecule has 8 nitrogen and oxygen atoms in total. The highest BCUT2D eigenvalue weighted by molar-refractivity contribution is 6.01. The molecular weight excluding hydrogens is 460 g/mol. The minimum atomic E-state index is -0.833. The van der Waals surface area contributed by atoms with Crippen LogP contribution in [0.2, 0.25) is 0 Å². The van der Waals surface area contributed by atoms with E-state index in [1.165, 1.54) is 16.7 Å². The highest BCUT2D eigenvalue weighted by Crippen LogP contribution is 2.39. The normalized spacial score (nSPS) is 19.0. The zero-order chi connectivity index (χ0) is 26.2. The Morgan fingerprint density at radius 2 is 1.69 bits per heavy atom. The number of rotatable bonds is 3. The minimum absolute atomic E-state index is 0.0715. The second-order valence-electron chi connectivity index (χ2n) is 10.0. The van der Waals surface area contributed by atoms with Crippen LogP contribution in [0, 0.1) is 0 Å². The van der Waals surface area contributed by atoms with Crippen LogP contribution in [0.25, 0.3) is 0 Å². The maximum Gasteiger partial charge on any atom is 0.373 e. The Kier molecular flexibility index (Phi) is 9.02. The number of carbonyl (C=O) groups excluding carboxylic acids is 2. The van der Waals surface area contributed by atoms with E-state index in [2.05, 4.69) is 66.4 Å². The fourth-order valence-corrected chi connectivity index (χ4v) is 4.79. The number of oxime groups is 1. The molecule has 0 saturated carbocycles. The van der Waals surface area contributed by atoms with Crippen LogP contribution in [0.3, 0.4) is 0 Å². The molecule has 1 spiro atoms. The van der Waals surface area contributed by atoms with Crippen LogP contribution in [-0.2, 0) is 32.2 Å². The van der Waals surface area contributed by atoms with Crippen LogP contribution in [-0.4, -0.2) is 52.1 Å². The molecule has 0 unspecified atom stereocenters. The fourth-order valence-electron chi connectivity index (χ4n) is 4.79. The largest absolute Gasteiger partial charge is 0.487 e. The van der Waals surface area contributed by atoms with E-state index >= 15 is 0 Å². The second kappa shape index (κ2) is 12.0. The lowest BCUT2D eigenvalue weighted by Crippen LogP contribution is -2.44. The number of hydrogen-bond donors (Lipinski definition) is 1. The molecule has 2 aromatic rings. The molecule has 1 N–H and O–H groups in total. The van der Waals surface area contributed by atoms with Gasteiger partial charge in [-0.25, -0.2) is 0 Å². The van der Waals surface area contributed by atoms with Gasteiger partial charge in [0.05, 0.1) is 5.71 Å². The first-order valence-corrected chi connectivity index (χ1v) is 12.2. The number of fused-ring (bicyclic) bond motifs is 1. The number of benzene rings is 2. The first-order chi connectivity index (χ1) is 17.2. The molecule has 1 saturated heterocycles. The number of carboxylic acid groups (broad SMARTS) is 1. The molecule has 0 aromatic heterocycles. The van der Waals surface area contributed by atoms with Crippen LogP contribution < -0.4 is 4.74 Å². The lowest BCUT2D eigenvalue weighted by molar-refractivity contribution is -0.191. The van der Waals surface area contributed by atoms with Crippen molar-refractivity contribution in [3.05, 3.63) is 65.2 Å². The minimum Gasteiger partial charge on any atom is -0.487 e. The van der Waals surface area contributed by atoms with Gasteiger partial charge < -0.3 is 14.7 Å². The third kappa shape index (κ3) is 7.26. The van der Waals surface area contributed by atoms with E-state index in [9.17, 15) is 0 Å². The summed E-state index contributed by atoms with van der Waals surface area (Å²) in [5.74, 6) is 0.288. The summed E-state index contributed by atoms with van der Waals surface area (Å²) in [5.41, 5.74) is 4.76. The number of ether oxygens (including phenoxy) is 1. The summed E-state index contributed by atoms with van der Waals surface area (Å²) >= 11 is 0. The van der Waals surface area contributed by atoms with Gasteiger partial charge in [0.2, 0.25) is 0 Å². The highest BCUT2D eigenvalue weighted by Gasteiger charge is 2.42. The number of nitrogens with zero attached hydrogens (tertiary/aromatic N) is 2. The SMILES string of the molecule is CC(=O)O.CC1(C)CCc2cccc(CN3CCC4(CC3)CC(c3ccccc3)=NO4)c2O1.O=C=O. The van der Waals surface area contributed by atoms with Gasteiger partial charge in [-0.3, -0.25) is 9.69 Å². The Morgan fingerprint density at radius 3 is 2.33 bits per heavy atom. The van der Waals surface area contributed by atoms with E-state index in [0.29, 0.717) is 0 Å². The summed E-state index contributed by atoms with van der Waals surface area (Å²) < 4.78 is 6.38. The number of carbonyl (C=O) groups is 1. The smallest absolute Gasteiger partial charge is 0.373 e. The van der Waals surface area contributed by atoms with Crippen molar-refractivity contribution < 1.29 is 29.1 Å². The van der Waals surface area contributed by atoms with Gasteiger partial charge >= 0.3 is 6.15 Å². The van der Waals surface area contributed by atoms with E-state index < -0.39 is 5.97 Å². The van der Waals surface area contributed by atoms with E-state index in [0.717, 1.165) is 70.1 Å². The summed E-state index contributed by atoms with van der Waals surface area (Å²) in [7, 11) is 0. The van der Waals surface area contributed by atoms with E-state index in [4.69, 9.17) is 29.1 Å². The molecule has 3 aliphatic rings. The van der Waals surface area contributed by atoms with Crippen molar-refractivity contribution in [3.63, 3.8) is 0 Å². The van der Waals surface area contributed by atoms with Crippen molar-refractivity contribution in [2.75, 3.05) is 13.1 Å². The number of piperidine rings is 1. The average Bonchev–Trinajstić information content (AvgIpc) is 3.25. The third-order valence-corrected chi connectivity index (χ3v) is 6.66. The van der Waals surface area contributed by atoms with Crippen molar-refractivity contribution >= 4 is 17.8 Å². The maximum atomic E-state index is 9.00. The number of aryl methyl sites for hydroxylation is 1. The molecule has 0 amide bonds. The quantitative estimate of drug-likeness (QED) is 0.672. The van der Waals surface area contributed by atoms with Gasteiger partial charge in [0.1, 0.15) is 17.0 Å². The Labute approximate surface area is 211 Å². The van der Waals surface area contributed by atoms with Gasteiger partial charge in [-0.05, 0) is 37.8 Å². The molecule has 3 heterocycles. The molecule has 0 radical (unpaired) electrons. The highest BCUT2D eigenvalue weighted by atomic mass is 16.7. The Hall–Kier alpha value is -3.48. The number of hydrogen-bond acceptors (Lipinski definition) is 7. The van der Waals surface area contributed by atoms with Crippen molar-refractivity contribution in [3.8, 4) is 5.75 Å². The Bertz CT molecular complexity index is 1090. The number of para-hydroxylation sites is 1. The standard InChI is InChI=1S/C25H30N2O2.C2H4O2.CO2/c1-24(2)12-11-20-9-6-10-21(23(20)28-24)18-27-15-13-25(14-16-27)17-22(26-29-25)19-7-4-3-5-8-19;1-2(3)4;2-1-3/h3-10H,11-18H2,1-2H3;1H3,(H,3,4);. The van der Waals surface area contributed by atoms with E-state index in [1.807, 2.05) is 6.07 Å². The predicted molar refractivity (Wildman–Crippen MR) is 134 cm³/mol. The molecule has 0 atom stereocenters. The summed E-state index contributed by atoms with van der Waals surface area (Å²) in [6, 6.07) is 17.0. The average molecular weight is 495 g/mol. The van der Waals surface area contributed by atoms with Gasteiger partial charge in [-0.2, -0.15) is 9.59 Å². The first-order valence-electron chi connectivity index (χ1n) is 12.2. The monoisotopic (exact) mass is 494 g/mol.